The summed E-state index contributed by atoms with van der Waals surface area (Å²) in [4.78, 5) is 0. The van der Waals surface area contributed by atoms with Crippen LogP contribution in [0.2, 0.25) is 0 Å². The summed E-state index contributed by atoms with van der Waals surface area (Å²) in [6.07, 6.45) is 0. The van der Waals surface area contributed by atoms with Crippen LogP contribution < -0.4 is 0 Å². The molecule has 0 amide bonds. The molecule has 0 radical (unpaired) electrons. The second kappa shape index (κ2) is 78.1. The Morgan fingerprint density at radius 1 is 0.500 bits per heavy atom. The van der Waals surface area contributed by atoms with Crippen LogP contribution in [0.5, 0.6) is 0 Å². The van der Waals surface area contributed by atoms with Gasteiger partial charge >= 0.3 is 18.0 Å². The van der Waals surface area contributed by atoms with Crippen LogP contribution in [0.1, 0.15) is 0 Å². The zero-order chi connectivity index (χ0) is 0. The van der Waals surface area contributed by atoms with E-state index in [9.17, 15) is 0 Å². The van der Waals surface area contributed by atoms with Crippen LogP contribution in [0.15, 0.2) is 0 Å². The van der Waals surface area contributed by atoms with E-state index in [0.717, 1.165) is 0 Å². The first kappa shape index (κ1) is 124. The summed E-state index contributed by atoms with van der Waals surface area (Å²) in [5, 5.41) is 0. The molecule has 0 heterocycles. The molecule has 1 unspecified atom stereocenters. The van der Waals surface area contributed by atoms with Crippen LogP contribution >= 0.6 is 49.6 Å². The van der Waals surface area contributed by atoms with Crippen molar-refractivity contribution in [2.75, 3.05) is 0 Å². The van der Waals surface area contributed by atoms with Crippen molar-refractivity contribution in [1.82, 2.24) is 0 Å². The van der Waals surface area contributed by atoms with Gasteiger partial charge in [-0.05, 0) is 0 Å². The molecule has 48 valence electrons. The Bertz CT molecular complexity index is 7.51. The van der Waals surface area contributed by atoms with Crippen molar-refractivity contribution in [2.24, 2.45) is 0 Å². The zero-order valence-corrected chi connectivity index (χ0v) is 8.98. The summed E-state index contributed by atoms with van der Waals surface area (Å²) < 4.78 is 0. The van der Waals surface area contributed by atoms with Gasteiger partial charge in [-0.15, -0.1) is 49.6 Å². The fourth-order valence-corrected chi connectivity index (χ4v) is 0. The number of halogens is 5. The van der Waals surface area contributed by atoms with E-state index in [1.807, 2.05) is 0 Å². The Kier molecular flexibility index (Phi) is 1620. The topological polar surface area (TPSA) is 0 Å². The summed E-state index contributed by atoms with van der Waals surface area (Å²) in [6, 6.07) is 0. The van der Waals surface area contributed by atoms with Crippen molar-refractivity contribution >= 4 is 67.6 Å². The van der Waals surface area contributed by atoms with Crippen molar-refractivity contribution in [3.63, 3.8) is 0 Å². The third-order valence-electron chi connectivity index (χ3n) is 0. The third kappa shape index (κ3) is 44.9. The second-order valence-electron chi connectivity index (χ2n) is 0. The van der Waals surface area contributed by atoms with Crippen molar-refractivity contribution in [1.29, 1.82) is 0 Å². The van der Waals surface area contributed by atoms with Gasteiger partial charge in [-0.3, -0.25) is 4.70 Å². The normalized spacial score (nSPS) is 0. The Hall–Kier alpha value is 1.65. The van der Waals surface area contributed by atoms with Gasteiger partial charge in [0.15, 0.2) is 0 Å². The van der Waals surface area contributed by atoms with Crippen LogP contribution in [0, 0.1) is 0 Å². The minimum atomic E-state index is 0. The number of hydrogen-bond acceptors (Lipinski definition) is 0. The van der Waals surface area contributed by atoms with Gasteiger partial charge in [0.05, 0.1) is 0 Å². The molecule has 0 aromatic heterocycles. The van der Waals surface area contributed by atoms with Gasteiger partial charge in [0.1, 0.15) is 0 Å². The van der Waals surface area contributed by atoms with Gasteiger partial charge < -0.3 is 0 Å². The molecule has 0 bridgehead atoms. The van der Waals surface area contributed by atoms with E-state index in [1.165, 1.54) is 0 Å². The average Bonchev–Trinajstić information content (AvgIpc) is 0. The molecular formula is H8AsCl4F. The first-order valence-corrected chi connectivity index (χ1v) is 0. The fraction of sp³-hybridized carbons (Fsp3) is 0. The van der Waals surface area contributed by atoms with Crippen molar-refractivity contribution in [3.8, 4) is 0 Å². The molecule has 6 heteroatoms. The first-order valence-electron chi connectivity index (χ1n) is 0. The van der Waals surface area contributed by atoms with Crippen molar-refractivity contribution in [3.05, 3.63) is 0 Å². The fourth-order valence-electron chi connectivity index (χ4n) is 0. The molecule has 0 aliphatic rings. The molecule has 0 N–H and O–H groups in total. The van der Waals surface area contributed by atoms with Crippen molar-refractivity contribution < 1.29 is 4.70 Å². The maximum absolute atomic E-state index is 0. The number of rotatable bonds is 0. The molecule has 1 atom stereocenters. The van der Waals surface area contributed by atoms with Gasteiger partial charge in [0.25, 0.3) is 0 Å². The molecule has 6 heavy (non-hydrogen) atoms. The molecular weight excluding hydrogens is 236 g/mol. The Morgan fingerprint density at radius 3 is 0.500 bits per heavy atom. The van der Waals surface area contributed by atoms with E-state index < -0.39 is 0 Å². The number of hydrogen-bond donors (Lipinski definition) is 0. The van der Waals surface area contributed by atoms with E-state index in [4.69, 9.17) is 0 Å². The van der Waals surface area contributed by atoms with E-state index in [0.29, 0.717) is 0 Å². The van der Waals surface area contributed by atoms with Gasteiger partial charge in [0.2, 0.25) is 0 Å². The van der Waals surface area contributed by atoms with E-state index in [1.54, 1.807) is 0 Å². The average molecular weight is 244 g/mol. The Morgan fingerprint density at radius 2 is 0.500 bits per heavy atom. The van der Waals surface area contributed by atoms with Crippen LogP contribution in [0.25, 0.3) is 0 Å². The van der Waals surface area contributed by atoms with E-state index in [2.05, 4.69) is 0 Å². The van der Waals surface area contributed by atoms with Gasteiger partial charge in [-0.25, -0.2) is 0 Å². The predicted molar refractivity (Wildman–Crippen MR) is 41.4 cm³/mol. The Balaban J connectivity index is 0. The molecule has 0 saturated carbocycles. The monoisotopic (exact) mass is 242 g/mol. The molecule has 0 aliphatic carbocycles. The zero-order valence-electron chi connectivity index (χ0n) is 2.75. The molecule has 0 aromatic rings. The van der Waals surface area contributed by atoms with Crippen LogP contribution in [-0.2, 0) is 0 Å². The summed E-state index contributed by atoms with van der Waals surface area (Å²) >= 11 is 0. The van der Waals surface area contributed by atoms with Crippen LogP contribution in [0.3, 0.4) is 0 Å². The maximum atomic E-state index is 0. The minimum absolute atomic E-state index is 0. The summed E-state index contributed by atoms with van der Waals surface area (Å²) in [5.74, 6) is 0. The van der Waals surface area contributed by atoms with Crippen molar-refractivity contribution in [2.45, 2.75) is 0 Å². The van der Waals surface area contributed by atoms with Crippen LogP contribution in [0.4, 0.5) is 4.70 Å². The van der Waals surface area contributed by atoms with Crippen LogP contribution in [-0.4, -0.2) is 18.0 Å². The predicted octanol–water partition coefficient (Wildman–Crippen LogP) is 0.656. The SMILES string of the molecule is Cl.Cl.Cl.Cl.F.[AsH3]. The van der Waals surface area contributed by atoms with Gasteiger partial charge in [-0.1, -0.05) is 0 Å². The first-order chi connectivity index (χ1) is 0. The molecule has 0 saturated heterocycles. The second-order valence-corrected chi connectivity index (χ2v) is 0. The molecule has 0 nitrogen and oxygen atoms in total. The molecule has 0 rings (SSSR count). The quantitative estimate of drug-likeness (QED) is 0.549. The molecule has 0 aliphatic heterocycles. The third-order valence-corrected chi connectivity index (χ3v) is 0. The molecule has 0 spiro atoms. The Labute approximate surface area is 72.1 Å². The van der Waals surface area contributed by atoms with Gasteiger partial charge in [0, 0.05) is 0 Å². The summed E-state index contributed by atoms with van der Waals surface area (Å²) in [6.45, 7) is 0. The summed E-state index contributed by atoms with van der Waals surface area (Å²) in [7, 11) is 0. The van der Waals surface area contributed by atoms with E-state index in [-0.39, 0.29) is 72.3 Å². The molecule has 0 aromatic carbocycles. The van der Waals surface area contributed by atoms with Gasteiger partial charge in [-0.2, -0.15) is 0 Å². The standard InChI is InChI=1S/AsH3.4ClH.FH/h1H3;5*1H. The summed E-state index contributed by atoms with van der Waals surface area (Å²) in [5.41, 5.74) is 0. The van der Waals surface area contributed by atoms with E-state index >= 15 is 0 Å². The molecule has 0 fully saturated rings.